The van der Waals surface area contributed by atoms with Gasteiger partial charge in [0.25, 0.3) is 0 Å². The number of hydrogen-bond acceptors (Lipinski definition) is 6. The average molecular weight is 302 g/mol. The maximum absolute atomic E-state index is 11.6. The van der Waals surface area contributed by atoms with Crippen molar-refractivity contribution in [1.82, 2.24) is 0 Å². The number of anilines is 1. The molecule has 112 valence electrons. The second-order valence-electron chi connectivity index (χ2n) is 4.86. The molecule has 0 amide bonds. The third-order valence-corrected chi connectivity index (χ3v) is 4.05. The van der Waals surface area contributed by atoms with Crippen LogP contribution in [0.25, 0.3) is 0 Å². The van der Waals surface area contributed by atoms with E-state index in [1.165, 1.54) is 18.2 Å². The molecule has 0 bridgehead atoms. The van der Waals surface area contributed by atoms with Crippen molar-refractivity contribution in [3.63, 3.8) is 0 Å². The normalized spacial score (nSPS) is 13.2. The smallest absolute Gasteiger partial charge is 0.310 e. The first-order valence-electron chi connectivity index (χ1n) is 6.03. The number of sulfone groups is 1. The number of nitro groups is 1. The van der Waals surface area contributed by atoms with Crippen molar-refractivity contribution in [2.45, 2.75) is 24.8 Å². The minimum absolute atomic E-state index is 0.0292. The molecule has 2 N–H and O–H groups in total. The summed E-state index contributed by atoms with van der Waals surface area (Å²) in [5.74, 6) is 0.0292. The predicted molar refractivity (Wildman–Crippen MR) is 75.5 cm³/mol. The van der Waals surface area contributed by atoms with Crippen molar-refractivity contribution in [1.29, 1.82) is 0 Å². The standard InChI is InChI=1S/C12H18N2O5S/c1-8(2)10(7-15)13-9-5-4-6-11(20(3,18)19)12(9)14(16)17/h4-6,8,10,13,15H,7H2,1-3H3. The molecule has 0 aliphatic carbocycles. The monoisotopic (exact) mass is 302 g/mol. The van der Waals surface area contributed by atoms with Crippen molar-refractivity contribution in [3.05, 3.63) is 28.3 Å². The molecule has 7 nitrogen and oxygen atoms in total. The van der Waals surface area contributed by atoms with Crippen molar-refractivity contribution < 1.29 is 18.4 Å². The van der Waals surface area contributed by atoms with E-state index < -0.39 is 26.5 Å². The number of aliphatic hydroxyl groups is 1. The van der Waals surface area contributed by atoms with Crippen LogP contribution < -0.4 is 5.32 Å². The fourth-order valence-corrected chi connectivity index (χ4v) is 2.61. The molecular formula is C12H18N2O5S. The highest BCUT2D eigenvalue weighted by atomic mass is 32.2. The Morgan fingerprint density at radius 1 is 1.40 bits per heavy atom. The van der Waals surface area contributed by atoms with E-state index in [0.717, 1.165) is 6.26 Å². The third-order valence-electron chi connectivity index (χ3n) is 2.92. The van der Waals surface area contributed by atoms with Crippen LogP contribution in [0.2, 0.25) is 0 Å². The van der Waals surface area contributed by atoms with Gasteiger partial charge in [-0.1, -0.05) is 19.9 Å². The maximum Gasteiger partial charge on any atom is 0.310 e. The Kier molecular flexibility index (Phi) is 5.07. The van der Waals surface area contributed by atoms with Crippen LogP contribution in [-0.2, 0) is 9.84 Å². The number of nitrogens with zero attached hydrogens (tertiary/aromatic N) is 1. The zero-order valence-electron chi connectivity index (χ0n) is 11.5. The van der Waals surface area contributed by atoms with Crippen LogP contribution in [0.15, 0.2) is 23.1 Å². The Morgan fingerprint density at radius 2 is 2.00 bits per heavy atom. The minimum Gasteiger partial charge on any atom is -0.394 e. The molecule has 8 heteroatoms. The number of hydrogen-bond donors (Lipinski definition) is 2. The molecule has 0 saturated carbocycles. The van der Waals surface area contributed by atoms with Crippen molar-refractivity contribution in [2.75, 3.05) is 18.2 Å². The van der Waals surface area contributed by atoms with E-state index in [1.54, 1.807) is 0 Å². The van der Waals surface area contributed by atoms with Crippen molar-refractivity contribution >= 4 is 21.2 Å². The zero-order chi connectivity index (χ0) is 15.5. The summed E-state index contributed by atoms with van der Waals surface area (Å²) >= 11 is 0. The summed E-state index contributed by atoms with van der Waals surface area (Å²) in [4.78, 5) is 10.1. The van der Waals surface area contributed by atoms with Crippen LogP contribution in [0, 0.1) is 16.0 Å². The van der Waals surface area contributed by atoms with Gasteiger partial charge in [-0.3, -0.25) is 10.1 Å². The van der Waals surface area contributed by atoms with Gasteiger partial charge in [0.05, 0.1) is 17.6 Å². The lowest BCUT2D eigenvalue weighted by Gasteiger charge is -2.21. The van der Waals surface area contributed by atoms with E-state index in [-0.39, 0.29) is 23.1 Å². The molecule has 0 spiro atoms. The summed E-state index contributed by atoms with van der Waals surface area (Å²) in [6, 6.07) is 3.66. The van der Waals surface area contributed by atoms with Crippen LogP contribution in [0.3, 0.4) is 0 Å². The Labute approximate surface area is 117 Å². The van der Waals surface area contributed by atoms with Crippen molar-refractivity contribution in [3.8, 4) is 0 Å². The van der Waals surface area contributed by atoms with E-state index in [2.05, 4.69) is 5.32 Å². The van der Waals surface area contributed by atoms with E-state index in [1.807, 2.05) is 13.8 Å². The molecule has 20 heavy (non-hydrogen) atoms. The largest absolute Gasteiger partial charge is 0.394 e. The molecule has 0 heterocycles. The second kappa shape index (κ2) is 6.19. The topological polar surface area (TPSA) is 110 Å². The van der Waals surface area contributed by atoms with Gasteiger partial charge in [-0.05, 0) is 18.1 Å². The van der Waals surface area contributed by atoms with Crippen LogP contribution in [-0.4, -0.2) is 37.4 Å². The Hall–Kier alpha value is -1.67. The highest BCUT2D eigenvalue weighted by molar-refractivity contribution is 7.90. The lowest BCUT2D eigenvalue weighted by Crippen LogP contribution is -2.29. The Bertz CT molecular complexity index is 598. The van der Waals surface area contributed by atoms with Gasteiger partial charge < -0.3 is 10.4 Å². The number of para-hydroxylation sites is 1. The van der Waals surface area contributed by atoms with Crippen LogP contribution >= 0.6 is 0 Å². The summed E-state index contributed by atoms with van der Waals surface area (Å²) in [7, 11) is -3.71. The summed E-state index contributed by atoms with van der Waals surface area (Å²) in [6.45, 7) is 3.48. The summed E-state index contributed by atoms with van der Waals surface area (Å²) in [5.41, 5.74) is -0.403. The third kappa shape index (κ3) is 3.67. The molecule has 0 aliphatic heterocycles. The highest BCUT2D eigenvalue weighted by Crippen LogP contribution is 2.32. The lowest BCUT2D eigenvalue weighted by atomic mass is 10.0. The molecule has 1 unspecified atom stereocenters. The first-order valence-corrected chi connectivity index (χ1v) is 7.92. The number of benzene rings is 1. The number of rotatable bonds is 6. The van der Waals surface area contributed by atoms with Crippen molar-refractivity contribution in [2.24, 2.45) is 5.92 Å². The molecule has 1 atom stereocenters. The minimum atomic E-state index is -3.71. The fraction of sp³-hybridized carbons (Fsp3) is 0.500. The molecule has 0 fully saturated rings. The van der Waals surface area contributed by atoms with Crippen LogP contribution in [0.5, 0.6) is 0 Å². The van der Waals surface area contributed by atoms with E-state index >= 15 is 0 Å². The first-order chi connectivity index (χ1) is 9.18. The quantitative estimate of drug-likeness (QED) is 0.607. The zero-order valence-corrected chi connectivity index (χ0v) is 12.3. The first kappa shape index (κ1) is 16.4. The van der Waals surface area contributed by atoms with Gasteiger partial charge >= 0.3 is 5.69 Å². The molecule has 0 radical (unpaired) electrons. The maximum atomic E-state index is 11.6. The number of nitro benzene ring substituents is 1. The van der Waals surface area contributed by atoms with Gasteiger partial charge in [0.1, 0.15) is 10.6 Å². The molecule has 1 aromatic carbocycles. The highest BCUT2D eigenvalue weighted by Gasteiger charge is 2.27. The number of nitrogens with one attached hydrogen (secondary N) is 1. The van der Waals surface area contributed by atoms with Gasteiger partial charge in [-0.15, -0.1) is 0 Å². The average Bonchev–Trinajstić information content (AvgIpc) is 2.33. The van der Waals surface area contributed by atoms with E-state index in [0.29, 0.717) is 0 Å². The lowest BCUT2D eigenvalue weighted by molar-refractivity contribution is -0.386. The summed E-state index contributed by atoms with van der Waals surface area (Å²) < 4.78 is 23.2. The molecule has 1 aromatic rings. The SMILES string of the molecule is CC(C)C(CO)Nc1cccc(S(C)(=O)=O)c1[N+](=O)[O-]. The Morgan fingerprint density at radius 3 is 2.40 bits per heavy atom. The molecule has 0 aromatic heterocycles. The fourth-order valence-electron chi connectivity index (χ4n) is 1.75. The van der Waals surface area contributed by atoms with E-state index in [9.17, 15) is 23.6 Å². The Balaban J connectivity index is 3.38. The van der Waals surface area contributed by atoms with Gasteiger partial charge in [0.15, 0.2) is 9.84 Å². The van der Waals surface area contributed by atoms with Crippen LogP contribution in [0.1, 0.15) is 13.8 Å². The molecular weight excluding hydrogens is 284 g/mol. The van der Waals surface area contributed by atoms with Crippen LogP contribution in [0.4, 0.5) is 11.4 Å². The molecule has 0 aliphatic rings. The molecule has 1 rings (SSSR count). The van der Waals surface area contributed by atoms with Gasteiger partial charge in [-0.25, -0.2) is 8.42 Å². The predicted octanol–water partition coefficient (Wildman–Crippen LogP) is 1.43. The second-order valence-corrected chi connectivity index (χ2v) is 6.84. The summed E-state index contributed by atoms with van der Waals surface area (Å²) in [6.07, 6.45) is 0.922. The van der Waals surface area contributed by atoms with Gasteiger partial charge in [0, 0.05) is 6.26 Å². The van der Waals surface area contributed by atoms with Gasteiger partial charge in [-0.2, -0.15) is 0 Å². The summed E-state index contributed by atoms with van der Waals surface area (Å²) in [5, 5.41) is 23.3. The number of aliphatic hydroxyl groups excluding tert-OH is 1. The molecule has 0 saturated heterocycles. The van der Waals surface area contributed by atoms with E-state index in [4.69, 9.17) is 0 Å². The van der Waals surface area contributed by atoms with Gasteiger partial charge in [0.2, 0.25) is 0 Å².